The highest BCUT2D eigenvalue weighted by Crippen LogP contribution is 2.18. The summed E-state index contributed by atoms with van der Waals surface area (Å²) < 4.78 is 21.7. The monoisotopic (exact) mass is 276 g/mol. The molecule has 0 aromatic heterocycles. The lowest BCUT2D eigenvalue weighted by Crippen LogP contribution is -2.05. The molecule has 0 bridgehead atoms. The van der Waals surface area contributed by atoms with Gasteiger partial charge in [-0.1, -0.05) is 18.2 Å². The Morgan fingerprint density at radius 3 is 2.38 bits per heavy atom. The molecule has 0 saturated carbocycles. The maximum Gasteiger partial charge on any atom is 0.148 e. The molecule has 90 valence electrons. The van der Waals surface area contributed by atoms with Crippen LogP contribution >= 0.6 is 23.5 Å². The molecule has 0 fully saturated rings. The predicted octanol–water partition coefficient (Wildman–Crippen LogP) is 2.56. The van der Waals surface area contributed by atoms with Gasteiger partial charge in [0.05, 0.1) is 5.75 Å². The second kappa shape index (κ2) is 7.25. The third kappa shape index (κ3) is 7.19. The van der Waals surface area contributed by atoms with Crippen molar-refractivity contribution < 1.29 is 8.42 Å². The number of hydrogen-bond donors (Lipinski definition) is 0. The molecule has 0 unspecified atom stereocenters. The first-order valence-electron chi connectivity index (χ1n) is 5.01. The molecule has 0 aliphatic carbocycles. The summed E-state index contributed by atoms with van der Waals surface area (Å²) in [5.74, 6) is 3.01. The number of thioether (sulfide) groups is 2. The van der Waals surface area contributed by atoms with Gasteiger partial charge < -0.3 is 0 Å². The molecule has 0 spiro atoms. The first kappa shape index (κ1) is 13.9. The first-order chi connectivity index (χ1) is 7.58. The van der Waals surface area contributed by atoms with E-state index in [4.69, 9.17) is 0 Å². The molecule has 0 radical (unpaired) electrons. The minimum atomic E-state index is -2.79. The van der Waals surface area contributed by atoms with Gasteiger partial charge in [-0.25, -0.2) is 8.42 Å². The van der Waals surface area contributed by atoms with E-state index in [1.165, 1.54) is 11.2 Å². The minimum absolute atomic E-state index is 0.285. The zero-order valence-corrected chi connectivity index (χ0v) is 11.7. The van der Waals surface area contributed by atoms with Crippen molar-refractivity contribution in [1.82, 2.24) is 0 Å². The van der Waals surface area contributed by atoms with Gasteiger partial charge in [0, 0.05) is 28.4 Å². The molecule has 0 N–H and O–H groups in total. The van der Waals surface area contributed by atoms with Crippen LogP contribution in [0.15, 0.2) is 35.2 Å². The summed E-state index contributed by atoms with van der Waals surface area (Å²) in [6.45, 7) is 0. The maximum atomic E-state index is 10.9. The average Bonchev–Trinajstić information content (AvgIpc) is 2.23. The van der Waals surface area contributed by atoms with Crippen LogP contribution in [0.3, 0.4) is 0 Å². The standard InChI is InChI=1S/C11H16O2S3/c1-16(12,13)10-9-14-7-8-15-11-5-3-2-4-6-11/h2-6H,7-10H2,1H3. The SMILES string of the molecule is CS(=O)(=O)CCSCCSc1ccccc1. The molecule has 5 heteroatoms. The van der Waals surface area contributed by atoms with E-state index in [-0.39, 0.29) is 5.75 Å². The summed E-state index contributed by atoms with van der Waals surface area (Å²) in [5.41, 5.74) is 0. The quantitative estimate of drug-likeness (QED) is 0.566. The van der Waals surface area contributed by atoms with Gasteiger partial charge in [-0.15, -0.1) is 11.8 Å². The Balaban J connectivity index is 2.05. The molecular weight excluding hydrogens is 260 g/mol. The third-order valence-corrected chi connectivity index (χ3v) is 5.30. The van der Waals surface area contributed by atoms with Crippen molar-refractivity contribution in [2.45, 2.75) is 4.90 Å². The fourth-order valence-corrected chi connectivity index (χ4v) is 4.32. The van der Waals surface area contributed by atoms with Gasteiger partial charge >= 0.3 is 0 Å². The number of benzene rings is 1. The lowest BCUT2D eigenvalue weighted by atomic mass is 10.4. The van der Waals surface area contributed by atoms with Crippen LogP contribution in [0.5, 0.6) is 0 Å². The lowest BCUT2D eigenvalue weighted by molar-refractivity contribution is 0.603. The van der Waals surface area contributed by atoms with Gasteiger partial charge in [-0.2, -0.15) is 11.8 Å². The minimum Gasteiger partial charge on any atom is -0.229 e. The highest BCUT2D eigenvalue weighted by atomic mass is 32.2. The largest absolute Gasteiger partial charge is 0.229 e. The summed E-state index contributed by atoms with van der Waals surface area (Å²) in [6.07, 6.45) is 1.28. The van der Waals surface area contributed by atoms with Gasteiger partial charge in [0.1, 0.15) is 9.84 Å². The fourth-order valence-electron chi connectivity index (χ4n) is 1.05. The van der Waals surface area contributed by atoms with Crippen LogP contribution in [0.4, 0.5) is 0 Å². The third-order valence-electron chi connectivity index (χ3n) is 1.84. The fraction of sp³-hybridized carbons (Fsp3) is 0.455. The Morgan fingerprint density at radius 1 is 1.06 bits per heavy atom. The van der Waals surface area contributed by atoms with E-state index < -0.39 is 9.84 Å². The zero-order valence-electron chi connectivity index (χ0n) is 9.26. The van der Waals surface area contributed by atoms with Crippen molar-refractivity contribution in [2.24, 2.45) is 0 Å². The van der Waals surface area contributed by atoms with Crippen molar-refractivity contribution in [3.05, 3.63) is 30.3 Å². The molecule has 0 aliphatic heterocycles. The smallest absolute Gasteiger partial charge is 0.148 e. The summed E-state index contributed by atoms with van der Waals surface area (Å²) in [4.78, 5) is 1.27. The van der Waals surface area contributed by atoms with Crippen LogP contribution in [-0.2, 0) is 9.84 Å². The molecule has 2 nitrogen and oxygen atoms in total. The van der Waals surface area contributed by atoms with Crippen molar-refractivity contribution in [3.8, 4) is 0 Å². The maximum absolute atomic E-state index is 10.9. The van der Waals surface area contributed by atoms with E-state index in [1.54, 1.807) is 11.8 Å². The van der Waals surface area contributed by atoms with E-state index in [0.29, 0.717) is 5.75 Å². The Bertz CT molecular complexity index is 387. The van der Waals surface area contributed by atoms with Crippen LogP contribution in [-0.4, -0.2) is 37.7 Å². The number of sulfone groups is 1. The Kier molecular flexibility index (Phi) is 6.31. The topological polar surface area (TPSA) is 34.1 Å². The normalized spacial score (nSPS) is 11.6. The molecular formula is C11H16O2S3. The van der Waals surface area contributed by atoms with Gasteiger partial charge in [-0.3, -0.25) is 0 Å². The first-order valence-corrected chi connectivity index (χ1v) is 9.21. The summed E-state index contributed by atoms with van der Waals surface area (Å²) in [7, 11) is -2.79. The van der Waals surface area contributed by atoms with Gasteiger partial charge in [0.15, 0.2) is 0 Å². The van der Waals surface area contributed by atoms with Gasteiger partial charge in [0.2, 0.25) is 0 Å². The van der Waals surface area contributed by atoms with Crippen LogP contribution in [0.1, 0.15) is 0 Å². The molecule has 0 atom stereocenters. The second-order valence-electron chi connectivity index (χ2n) is 3.40. The van der Waals surface area contributed by atoms with Crippen molar-refractivity contribution >= 4 is 33.4 Å². The molecule has 1 aromatic carbocycles. The van der Waals surface area contributed by atoms with Crippen LogP contribution < -0.4 is 0 Å². The predicted molar refractivity (Wildman–Crippen MR) is 74.2 cm³/mol. The average molecular weight is 276 g/mol. The second-order valence-corrected chi connectivity index (χ2v) is 8.06. The summed E-state index contributed by atoms with van der Waals surface area (Å²) in [6, 6.07) is 10.2. The Labute approximate surface area is 106 Å². The van der Waals surface area contributed by atoms with Crippen LogP contribution in [0.25, 0.3) is 0 Å². The van der Waals surface area contributed by atoms with E-state index in [1.807, 2.05) is 30.0 Å². The van der Waals surface area contributed by atoms with Crippen molar-refractivity contribution in [3.63, 3.8) is 0 Å². The van der Waals surface area contributed by atoms with Crippen molar-refractivity contribution in [2.75, 3.05) is 29.3 Å². The van der Waals surface area contributed by atoms with E-state index in [0.717, 1.165) is 11.5 Å². The highest BCUT2D eigenvalue weighted by molar-refractivity contribution is 8.03. The molecule has 0 saturated heterocycles. The van der Waals surface area contributed by atoms with E-state index in [9.17, 15) is 8.42 Å². The molecule has 1 rings (SSSR count). The molecule has 0 heterocycles. The molecule has 0 amide bonds. The highest BCUT2D eigenvalue weighted by Gasteiger charge is 2.01. The Hall–Kier alpha value is -0.130. The van der Waals surface area contributed by atoms with Crippen LogP contribution in [0.2, 0.25) is 0 Å². The number of rotatable bonds is 7. The lowest BCUT2D eigenvalue weighted by Gasteiger charge is -2.01. The van der Waals surface area contributed by atoms with E-state index >= 15 is 0 Å². The van der Waals surface area contributed by atoms with E-state index in [2.05, 4.69) is 12.1 Å². The van der Waals surface area contributed by atoms with Crippen molar-refractivity contribution in [1.29, 1.82) is 0 Å². The molecule has 0 aliphatic rings. The summed E-state index contributed by atoms with van der Waals surface area (Å²) in [5, 5.41) is 0. The summed E-state index contributed by atoms with van der Waals surface area (Å²) >= 11 is 3.51. The van der Waals surface area contributed by atoms with Crippen LogP contribution in [0, 0.1) is 0 Å². The Morgan fingerprint density at radius 2 is 1.75 bits per heavy atom. The molecule has 16 heavy (non-hydrogen) atoms. The van der Waals surface area contributed by atoms with Gasteiger partial charge in [0.25, 0.3) is 0 Å². The van der Waals surface area contributed by atoms with Gasteiger partial charge in [-0.05, 0) is 12.1 Å². The molecule has 1 aromatic rings. The number of hydrogen-bond acceptors (Lipinski definition) is 4. The zero-order chi connectivity index (χ0) is 11.9.